The van der Waals surface area contributed by atoms with Gasteiger partial charge in [-0.2, -0.15) is 5.10 Å². The maximum atomic E-state index is 12.5. The van der Waals surface area contributed by atoms with Crippen molar-refractivity contribution in [3.05, 3.63) is 48.0 Å². The van der Waals surface area contributed by atoms with Crippen LogP contribution in [0.5, 0.6) is 0 Å². The second kappa shape index (κ2) is 5.49. The highest BCUT2D eigenvalue weighted by Gasteiger charge is 2.19. The molecule has 1 heterocycles. The first-order valence-corrected chi connectivity index (χ1v) is 7.60. The fourth-order valence-corrected chi connectivity index (χ4v) is 2.77. The van der Waals surface area contributed by atoms with Gasteiger partial charge in [0.25, 0.3) is 5.91 Å². The van der Waals surface area contributed by atoms with Crippen LogP contribution in [0.2, 0.25) is 0 Å². The van der Waals surface area contributed by atoms with Gasteiger partial charge in [-0.15, -0.1) is 11.8 Å². The van der Waals surface area contributed by atoms with Gasteiger partial charge in [0.05, 0.1) is 0 Å². The zero-order valence-corrected chi connectivity index (χ0v) is 12.2. The molecule has 5 nitrogen and oxygen atoms in total. The number of H-pyrrole nitrogens is 1. The predicted octanol–water partition coefficient (Wildman–Crippen LogP) is 3.12. The van der Waals surface area contributed by atoms with E-state index in [-0.39, 0.29) is 11.7 Å². The Bertz CT molecular complexity index is 807. The Kier molecular flexibility index (Phi) is 3.53. The summed E-state index contributed by atoms with van der Waals surface area (Å²) in [7, 11) is 0. The van der Waals surface area contributed by atoms with Crippen molar-refractivity contribution < 1.29 is 4.79 Å². The van der Waals surface area contributed by atoms with Crippen molar-refractivity contribution >= 4 is 39.9 Å². The number of benzene rings is 2. The molecule has 6 heteroatoms. The van der Waals surface area contributed by atoms with E-state index < -0.39 is 0 Å². The number of aromatic nitrogens is 2. The normalized spacial score (nSPS) is 10.7. The molecular weight excluding hydrogens is 284 g/mol. The van der Waals surface area contributed by atoms with E-state index in [1.807, 2.05) is 48.7 Å². The minimum atomic E-state index is -0.262. The molecule has 0 saturated carbocycles. The average Bonchev–Trinajstić information content (AvgIpc) is 2.88. The summed E-state index contributed by atoms with van der Waals surface area (Å²) in [6.45, 7) is 0. The van der Waals surface area contributed by atoms with Crippen LogP contribution in [0.4, 0.5) is 11.5 Å². The summed E-state index contributed by atoms with van der Waals surface area (Å²) in [4.78, 5) is 12.5. The Morgan fingerprint density at radius 2 is 2.00 bits per heavy atom. The third kappa shape index (κ3) is 2.45. The molecule has 21 heavy (non-hydrogen) atoms. The quantitative estimate of drug-likeness (QED) is 0.649. The van der Waals surface area contributed by atoms with Gasteiger partial charge in [0.1, 0.15) is 16.4 Å². The molecule has 0 aliphatic rings. The molecule has 0 saturated heterocycles. The van der Waals surface area contributed by atoms with E-state index in [2.05, 4.69) is 15.5 Å². The fraction of sp³-hybridized carbons (Fsp3) is 0.0667. The van der Waals surface area contributed by atoms with Crippen molar-refractivity contribution in [3.63, 3.8) is 0 Å². The summed E-state index contributed by atoms with van der Waals surface area (Å²) in [6.07, 6.45) is 1.85. The van der Waals surface area contributed by atoms with Crippen LogP contribution in [0.1, 0.15) is 10.4 Å². The lowest BCUT2D eigenvalue weighted by atomic mass is 10.1. The topological polar surface area (TPSA) is 83.8 Å². The molecule has 0 fully saturated rings. The zero-order chi connectivity index (χ0) is 14.8. The standard InChI is InChI=1S/C15H14N4OS/c1-21-15-12(13(16)18-19-15)14(20)17-11-8-4-6-9-5-2-3-7-10(9)11/h2-8H,1H3,(H,17,20)(H3,16,18,19). The van der Waals surface area contributed by atoms with Gasteiger partial charge < -0.3 is 11.1 Å². The molecule has 1 amide bonds. The van der Waals surface area contributed by atoms with Crippen LogP contribution in [0.3, 0.4) is 0 Å². The molecule has 3 rings (SSSR count). The highest BCUT2D eigenvalue weighted by molar-refractivity contribution is 7.98. The molecule has 2 aromatic carbocycles. The van der Waals surface area contributed by atoms with Gasteiger partial charge in [-0.1, -0.05) is 36.4 Å². The average molecular weight is 298 g/mol. The predicted molar refractivity (Wildman–Crippen MR) is 86.7 cm³/mol. The zero-order valence-electron chi connectivity index (χ0n) is 11.4. The lowest BCUT2D eigenvalue weighted by molar-refractivity contribution is 0.102. The van der Waals surface area contributed by atoms with Crippen molar-refractivity contribution in [2.45, 2.75) is 5.03 Å². The summed E-state index contributed by atoms with van der Waals surface area (Å²) < 4.78 is 0. The Morgan fingerprint density at radius 1 is 1.24 bits per heavy atom. The number of carbonyl (C=O) groups is 1. The van der Waals surface area contributed by atoms with Gasteiger partial charge in [-0.25, -0.2) is 0 Å². The molecule has 0 radical (unpaired) electrons. The van der Waals surface area contributed by atoms with Crippen LogP contribution in [0.25, 0.3) is 10.8 Å². The highest BCUT2D eigenvalue weighted by Crippen LogP contribution is 2.26. The lowest BCUT2D eigenvalue weighted by Gasteiger charge is -2.09. The van der Waals surface area contributed by atoms with Gasteiger partial charge in [-0.05, 0) is 17.7 Å². The molecule has 0 unspecified atom stereocenters. The summed E-state index contributed by atoms with van der Waals surface area (Å²) in [5.41, 5.74) is 6.93. The molecule has 4 N–H and O–H groups in total. The molecule has 0 aliphatic carbocycles. The van der Waals surface area contributed by atoms with Crippen molar-refractivity contribution in [1.29, 1.82) is 0 Å². The lowest BCUT2D eigenvalue weighted by Crippen LogP contribution is -2.14. The fourth-order valence-electron chi connectivity index (χ4n) is 2.22. The number of nitrogens with one attached hydrogen (secondary N) is 2. The number of thioether (sulfide) groups is 1. The number of nitrogen functional groups attached to an aromatic ring is 1. The number of carbonyl (C=O) groups excluding carboxylic acids is 1. The SMILES string of the molecule is CSc1n[nH]c(N)c1C(=O)Nc1cccc2ccccc12. The largest absolute Gasteiger partial charge is 0.383 e. The maximum Gasteiger partial charge on any atom is 0.262 e. The number of amides is 1. The Hall–Kier alpha value is -2.47. The van der Waals surface area contributed by atoms with Gasteiger partial charge in [-0.3, -0.25) is 9.89 Å². The molecule has 0 atom stereocenters. The summed E-state index contributed by atoms with van der Waals surface area (Å²) in [5, 5.41) is 12.2. The molecule has 0 bridgehead atoms. The van der Waals surface area contributed by atoms with Crippen molar-refractivity contribution in [2.75, 3.05) is 17.3 Å². The van der Waals surface area contributed by atoms with Crippen molar-refractivity contribution in [2.24, 2.45) is 0 Å². The Balaban J connectivity index is 1.99. The van der Waals surface area contributed by atoms with E-state index in [0.29, 0.717) is 10.6 Å². The number of hydrogen-bond acceptors (Lipinski definition) is 4. The van der Waals surface area contributed by atoms with Crippen molar-refractivity contribution in [1.82, 2.24) is 10.2 Å². The molecular formula is C15H14N4OS. The van der Waals surface area contributed by atoms with Gasteiger partial charge in [0.15, 0.2) is 0 Å². The highest BCUT2D eigenvalue weighted by atomic mass is 32.2. The first-order chi connectivity index (χ1) is 10.2. The maximum absolute atomic E-state index is 12.5. The Morgan fingerprint density at radius 3 is 2.81 bits per heavy atom. The van der Waals surface area contributed by atoms with E-state index in [4.69, 9.17) is 5.73 Å². The number of rotatable bonds is 3. The number of hydrogen-bond donors (Lipinski definition) is 3. The summed E-state index contributed by atoms with van der Waals surface area (Å²) in [6, 6.07) is 13.7. The van der Waals surface area contributed by atoms with E-state index >= 15 is 0 Å². The number of fused-ring (bicyclic) bond motifs is 1. The smallest absolute Gasteiger partial charge is 0.262 e. The van der Waals surface area contributed by atoms with Crippen LogP contribution in [-0.2, 0) is 0 Å². The summed E-state index contributed by atoms with van der Waals surface area (Å²) in [5.74, 6) is 0.0130. The monoisotopic (exact) mass is 298 g/mol. The third-order valence-corrected chi connectivity index (χ3v) is 3.90. The van der Waals surface area contributed by atoms with Crippen LogP contribution < -0.4 is 11.1 Å². The molecule has 0 spiro atoms. The van der Waals surface area contributed by atoms with Gasteiger partial charge in [0, 0.05) is 11.1 Å². The van der Waals surface area contributed by atoms with Crippen LogP contribution in [0.15, 0.2) is 47.5 Å². The van der Waals surface area contributed by atoms with E-state index in [1.54, 1.807) is 0 Å². The van der Waals surface area contributed by atoms with Gasteiger partial charge >= 0.3 is 0 Å². The number of nitrogens with two attached hydrogens (primary N) is 1. The molecule has 0 aliphatic heterocycles. The van der Waals surface area contributed by atoms with Gasteiger partial charge in [0.2, 0.25) is 0 Å². The van der Waals surface area contributed by atoms with E-state index in [1.165, 1.54) is 11.8 Å². The van der Waals surface area contributed by atoms with Crippen molar-refractivity contribution in [3.8, 4) is 0 Å². The van der Waals surface area contributed by atoms with Crippen LogP contribution >= 0.6 is 11.8 Å². The summed E-state index contributed by atoms with van der Waals surface area (Å²) >= 11 is 1.38. The molecule has 106 valence electrons. The second-order valence-corrected chi connectivity index (χ2v) is 5.30. The molecule has 1 aromatic heterocycles. The minimum absolute atomic E-state index is 0.262. The first kappa shape index (κ1) is 13.5. The minimum Gasteiger partial charge on any atom is -0.383 e. The van der Waals surface area contributed by atoms with E-state index in [9.17, 15) is 4.79 Å². The first-order valence-electron chi connectivity index (χ1n) is 6.37. The number of nitrogens with zero attached hydrogens (tertiary/aromatic N) is 1. The Labute approximate surface area is 125 Å². The molecule has 3 aromatic rings. The third-order valence-electron chi connectivity index (χ3n) is 3.22. The van der Waals surface area contributed by atoms with Crippen LogP contribution in [0, 0.1) is 0 Å². The number of aromatic amines is 1. The van der Waals surface area contributed by atoms with Crippen LogP contribution in [-0.4, -0.2) is 22.4 Å². The number of anilines is 2. The second-order valence-electron chi connectivity index (χ2n) is 4.50. The van der Waals surface area contributed by atoms with E-state index in [0.717, 1.165) is 16.5 Å².